The van der Waals surface area contributed by atoms with Gasteiger partial charge in [-0.2, -0.15) is 5.10 Å². The van der Waals surface area contributed by atoms with Crippen LogP contribution in [0.4, 0.5) is 0 Å². The fourth-order valence-corrected chi connectivity index (χ4v) is 5.22. The molecule has 0 spiro atoms. The number of ether oxygens (including phenoxy) is 1. The van der Waals surface area contributed by atoms with E-state index in [4.69, 9.17) is 14.3 Å². The van der Waals surface area contributed by atoms with Gasteiger partial charge in [0.25, 0.3) is 5.91 Å². The number of hydrazone groups is 1. The summed E-state index contributed by atoms with van der Waals surface area (Å²) in [4.78, 5) is 16.8. The number of nitrogens with zero attached hydrogens (tertiary/aromatic N) is 3. The van der Waals surface area contributed by atoms with Gasteiger partial charge in [-0.05, 0) is 60.7 Å². The van der Waals surface area contributed by atoms with Crippen molar-refractivity contribution >= 4 is 23.0 Å². The predicted octanol–water partition coefficient (Wildman–Crippen LogP) is 4.86. The summed E-state index contributed by atoms with van der Waals surface area (Å²) >= 11 is 1.65. The van der Waals surface area contributed by atoms with Gasteiger partial charge in [-0.15, -0.1) is 11.3 Å². The Labute approximate surface area is 185 Å². The number of likely N-dealkylation sites (tertiary alicyclic amines) is 1. The SMILES string of the molecule is COc1ccc(C2CCCN2CC(=O)N2N=C(c3cccs3)CC2c2ccco2)cc1. The Bertz CT molecular complexity index is 1040. The molecule has 2 atom stereocenters. The maximum absolute atomic E-state index is 13.4. The summed E-state index contributed by atoms with van der Waals surface area (Å²) in [5.41, 5.74) is 2.16. The summed E-state index contributed by atoms with van der Waals surface area (Å²) < 4.78 is 10.9. The van der Waals surface area contributed by atoms with E-state index in [9.17, 15) is 4.79 Å². The molecule has 0 radical (unpaired) electrons. The van der Waals surface area contributed by atoms with Crippen molar-refractivity contribution in [2.75, 3.05) is 20.2 Å². The summed E-state index contributed by atoms with van der Waals surface area (Å²) in [6.07, 6.45) is 4.45. The summed E-state index contributed by atoms with van der Waals surface area (Å²) in [6.45, 7) is 1.25. The number of amides is 1. The van der Waals surface area contributed by atoms with E-state index in [1.165, 1.54) is 5.56 Å². The molecule has 4 heterocycles. The van der Waals surface area contributed by atoms with Crippen LogP contribution in [0.2, 0.25) is 0 Å². The van der Waals surface area contributed by atoms with Crippen molar-refractivity contribution in [3.8, 4) is 5.75 Å². The Kier molecular flexibility index (Phi) is 5.61. The number of hydrogen-bond donors (Lipinski definition) is 0. The number of hydrogen-bond acceptors (Lipinski definition) is 6. The highest BCUT2D eigenvalue weighted by molar-refractivity contribution is 7.12. The van der Waals surface area contributed by atoms with Crippen LogP contribution in [0.15, 0.2) is 69.7 Å². The van der Waals surface area contributed by atoms with E-state index in [2.05, 4.69) is 23.1 Å². The Morgan fingerprint density at radius 3 is 2.77 bits per heavy atom. The molecular formula is C24H25N3O3S. The molecule has 1 fully saturated rings. The van der Waals surface area contributed by atoms with Crippen LogP contribution >= 0.6 is 11.3 Å². The molecule has 1 amide bonds. The molecule has 3 aromatic rings. The van der Waals surface area contributed by atoms with Gasteiger partial charge < -0.3 is 9.15 Å². The fourth-order valence-electron chi connectivity index (χ4n) is 4.50. The van der Waals surface area contributed by atoms with Gasteiger partial charge in [0.2, 0.25) is 0 Å². The van der Waals surface area contributed by atoms with E-state index in [0.717, 1.165) is 41.5 Å². The van der Waals surface area contributed by atoms with Crippen molar-refractivity contribution in [1.82, 2.24) is 9.91 Å². The van der Waals surface area contributed by atoms with Crippen molar-refractivity contribution in [2.45, 2.75) is 31.3 Å². The molecule has 0 bridgehead atoms. The molecule has 31 heavy (non-hydrogen) atoms. The first-order chi connectivity index (χ1) is 15.2. The van der Waals surface area contributed by atoms with Gasteiger partial charge in [-0.3, -0.25) is 9.69 Å². The van der Waals surface area contributed by atoms with Crippen molar-refractivity contribution in [2.24, 2.45) is 5.10 Å². The summed E-state index contributed by atoms with van der Waals surface area (Å²) in [7, 11) is 1.67. The van der Waals surface area contributed by atoms with Gasteiger partial charge in [0.05, 0.1) is 30.5 Å². The minimum Gasteiger partial charge on any atom is -0.497 e. The number of carbonyl (C=O) groups is 1. The third-order valence-corrected chi connectivity index (χ3v) is 6.96. The van der Waals surface area contributed by atoms with Crippen LogP contribution < -0.4 is 4.74 Å². The molecule has 2 aliphatic heterocycles. The molecule has 1 saturated heterocycles. The number of furan rings is 1. The normalized spacial score (nSPS) is 21.5. The molecule has 6 nitrogen and oxygen atoms in total. The second-order valence-corrected chi connectivity index (χ2v) is 8.85. The first-order valence-electron chi connectivity index (χ1n) is 10.6. The minimum atomic E-state index is -0.193. The Hall–Kier alpha value is -2.90. The first kappa shape index (κ1) is 20.0. The molecule has 1 aromatic carbocycles. The molecule has 0 saturated carbocycles. The van der Waals surface area contributed by atoms with Crippen LogP contribution in [-0.2, 0) is 4.79 Å². The quantitative estimate of drug-likeness (QED) is 0.555. The highest BCUT2D eigenvalue weighted by Crippen LogP contribution is 2.36. The fraction of sp³-hybridized carbons (Fsp3) is 0.333. The van der Waals surface area contributed by atoms with Crippen LogP contribution in [0.5, 0.6) is 5.75 Å². The van der Waals surface area contributed by atoms with E-state index in [-0.39, 0.29) is 18.0 Å². The third kappa shape index (κ3) is 4.03. The zero-order chi connectivity index (χ0) is 21.2. The number of carbonyl (C=O) groups excluding carboxylic acids is 1. The van der Waals surface area contributed by atoms with Crippen molar-refractivity contribution in [3.05, 3.63) is 76.4 Å². The number of thiophene rings is 1. The van der Waals surface area contributed by atoms with E-state index < -0.39 is 0 Å². The Morgan fingerprint density at radius 2 is 2.06 bits per heavy atom. The molecule has 2 aliphatic rings. The lowest BCUT2D eigenvalue weighted by atomic mass is 10.0. The topological polar surface area (TPSA) is 58.3 Å². The largest absolute Gasteiger partial charge is 0.497 e. The maximum Gasteiger partial charge on any atom is 0.257 e. The highest BCUT2D eigenvalue weighted by atomic mass is 32.1. The van der Waals surface area contributed by atoms with Gasteiger partial charge in [-0.1, -0.05) is 18.2 Å². The standard InChI is InChI=1S/C24H25N3O3S/c1-29-18-10-8-17(9-11-18)20-5-2-12-26(20)16-24(28)27-21(22-6-3-13-30-22)15-19(25-27)23-7-4-14-31-23/h3-4,6-11,13-14,20-21H,2,5,12,15-16H2,1H3. The molecule has 2 unspecified atom stereocenters. The van der Waals surface area contributed by atoms with Gasteiger partial charge in [0.15, 0.2) is 0 Å². The monoisotopic (exact) mass is 435 g/mol. The van der Waals surface area contributed by atoms with Crippen LogP contribution in [0.25, 0.3) is 0 Å². The second kappa shape index (κ2) is 8.69. The summed E-state index contributed by atoms with van der Waals surface area (Å²) in [5.74, 6) is 1.63. The maximum atomic E-state index is 13.4. The number of methoxy groups -OCH3 is 1. The van der Waals surface area contributed by atoms with Gasteiger partial charge in [-0.25, -0.2) is 5.01 Å². The number of rotatable bonds is 6. The summed E-state index contributed by atoms with van der Waals surface area (Å²) in [5, 5.41) is 8.41. The third-order valence-electron chi connectivity index (χ3n) is 6.05. The van der Waals surface area contributed by atoms with Crippen molar-refractivity contribution < 1.29 is 13.9 Å². The van der Waals surface area contributed by atoms with Crippen LogP contribution in [0.3, 0.4) is 0 Å². The van der Waals surface area contributed by atoms with E-state index in [0.29, 0.717) is 13.0 Å². The lowest BCUT2D eigenvalue weighted by Crippen LogP contribution is -2.38. The van der Waals surface area contributed by atoms with Crippen LogP contribution in [0.1, 0.15) is 47.5 Å². The average molecular weight is 436 g/mol. The van der Waals surface area contributed by atoms with Gasteiger partial charge in [0.1, 0.15) is 17.6 Å². The van der Waals surface area contributed by atoms with Crippen LogP contribution in [-0.4, -0.2) is 41.7 Å². The predicted molar refractivity (Wildman–Crippen MR) is 120 cm³/mol. The average Bonchev–Trinajstić information content (AvgIpc) is 3.60. The molecular weight excluding hydrogens is 410 g/mol. The molecule has 5 rings (SSSR count). The van der Waals surface area contributed by atoms with E-state index >= 15 is 0 Å². The molecule has 160 valence electrons. The first-order valence-corrected chi connectivity index (χ1v) is 11.5. The lowest BCUT2D eigenvalue weighted by Gasteiger charge is -2.27. The van der Waals surface area contributed by atoms with Crippen molar-refractivity contribution in [3.63, 3.8) is 0 Å². The molecule has 0 aliphatic carbocycles. The van der Waals surface area contributed by atoms with E-state index in [1.807, 2.05) is 35.7 Å². The highest BCUT2D eigenvalue weighted by Gasteiger charge is 2.37. The Balaban J connectivity index is 1.35. The Morgan fingerprint density at radius 1 is 1.19 bits per heavy atom. The molecule has 2 aromatic heterocycles. The van der Waals surface area contributed by atoms with Crippen LogP contribution in [0, 0.1) is 0 Å². The minimum absolute atomic E-state index is 0.00775. The molecule has 0 N–H and O–H groups in total. The number of benzene rings is 1. The molecule has 7 heteroatoms. The van der Waals surface area contributed by atoms with Crippen molar-refractivity contribution in [1.29, 1.82) is 0 Å². The van der Waals surface area contributed by atoms with E-state index in [1.54, 1.807) is 29.7 Å². The smallest absolute Gasteiger partial charge is 0.257 e. The second-order valence-electron chi connectivity index (χ2n) is 7.90. The van der Waals surface area contributed by atoms with Gasteiger partial charge >= 0.3 is 0 Å². The lowest BCUT2D eigenvalue weighted by molar-refractivity contribution is -0.134. The van der Waals surface area contributed by atoms with Gasteiger partial charge in [0, 0.05) is 12.5 Å². The summed E-state index contributed by atoms with van der Waals surface area (Å²) in [6, 6.07) is 16.1. The zero-order valence-corrected chi connectivity index (χ0v) is 18.3. The zero-order valence-electron chi connectivity index (χ0n) is 17.4.